The summed E-state index contributed by atoms with van der Waals surface area (Å²) in [5.74, 6) is -0.402. The molecule has 52 heavy (non-hydrogen) atoms. The molecule has 0 spiro atoms. The van der Waals surface area contributed by atoms with Crippen LogP contribution in [0.4, 0.5) is 23.8 Å². The summed E-state index contributed by atoms with van der Waals surface area (Å²) in [6.45, 7) is 9.42. The van der Waals surface area contributed by atoms with Gasteiger partial charge < -0.3 is 24.2 Å². The Labute approximate surface area is 300 Å². The molecule has 2 bridgehead atoms. The van der Waals surface area contributed by atoms with E-state index in [0.717, 1.165) is 25.8 Å². The Balaban J connectivity index is 1.26. The molecular formula is C39H44F3N5O5. The van der Waals surface area contributed by atoms with Gasteiger partial charge in [0, 0.05) is 43.7 Å². The summed E-state index contributed by atoms with van der Waals surface area (Å²) >= 11 is 0. The lowest BCUT2D eigenvalue weighted by molar-refractivity contribution is 0.0206. The van der Waals surface area contributed by atoms with Crippen LogP contribution in [0.15, 0.2) is 30.5 Å². The lowest BCUT2D eigenvalue weighted by Gasteiger charge is -2.34. The average Bonchev–Trinajstić information content (AvgIpc) is 3.70. The summed E-state index contributed by atoms with van der Waals surface area (Å²) in [6, 6.07) is 5.90. The topological polar surface area (TPSA) is 110 Å². The van der Waals surface area contributed by atoms with E-state index in [1.165, 1.54) is 18.3 Å². The molecule has 5 atom stereocenters. The van der Waals surface area contributed by atoms with Crippen LogP contribution in [-0.2, 0) is 11.2 Å². The molecule has 1 saturated carbocycles. The van der Waals surface area contributed by atoms with Crippen LogP contribution in [-0.4, -0.2) is 87.3 Å². The third-order valence-corrected chi connectivity index (χ3v) is 11.2. The maximum Gasteiger partial charge on any atom is 0.514 e. The summed E-state index contributed by atoms with van der Waals surface area (Å²) < 4.78 is 64.3. The SMILES string of the molecule is CCc1c(F)ccc2cc(OC(=O)OC(C)(C)C)cc(-c3ncc4c(N5C[C@@H]6C[C@H](C5)[C@H](O)C6)nc(OC[C@@]56CCCN5C[C@H](F)C6)nc4c3F)c12. The number of nitrogens with zero attached hydrogens (tertiary/aromatic N) is 5. The molecule has 2 aromatic carbocycles. The number of ether oxygens (including phenoxy) is 3. The zero-order chi connectivity index (χ0) is 36.5. The number of aliphatic hydroxyl groups is 1. The van der Waals surface area contributed by atoms with Crippen molar-refractivity contribution in [1.29, 1.82) is 0 Å². The minimum Gasteiger partial charge on any atom is -0.461 e. The molecule has 4 aliphatic rings. The van der Waals surface area contributed by atoms with Crippen molar-refractivity contribution in [2.45, 2.75) is 89.6 Å². The van der Waals surface area contributed by atoms with Gasteiger partial charge in [0.25, 0.3) is 0 Å². The van der Waals surface area contributed by atoms with Crippen molar-refractivity contribution in [3.8, 4) is 23.0 Å². The van der Waals surface area contributed by atoms with E-state index in [-0.39, 0.29) is 47.0 Å². The maximum atomic E-state index is 17.2. The second-order valence-corrected chi connectivity index (χ2v) is 16.0. The third-order valence-electron chi connectivity index (χ3n) is 11.2. The lowest BCUT2D eigenvalue weighted by Crippen LogP contribution is -2.43. The molecular weight excluding hydrogens is 675 g/mol. The highest BCUT2D eigenvalue weighted by atomic mass is 19.1. The predicted octanol–water partition coefficient (Wildman–Crippen LogP) is 7.16. The number of rotatable bonds is 7. The number of fused-ring (bicyclic) bond motifs is 5. The largest absolute Gasteiger partial charge is 0.514 e. The molecule has 13 heteroatoms. The van der Waals surface area contributed by atoms with Gasteiger partial charge in [-0.15, -0.1) is 0 Å². The molecule has 2 aromatic heterocycles. The summed E-state index contributed by atoms with van der Waals surface area (Å²) in [7, 11) is 0. The number of aliphatic hydroxyl groups excluding tert-OH is 1. The van der Waals surface area contributed by atoms with E-state index in [0.29, 0.717) is 66.4 Å². The third kappa shape index (κ3) is 6.29. The van der Waals surface area contributed by atoms with E-state index in [4.69, 9.17) is 19.2 Å². The Morgan fingerprint density at radius 2 is 1.94 bits per heavy atom. The van der Waals surface area contributed by atoms with Crippen molar-refractivity contribution < 1.29 is 37.3 Å². The minimum atomic E-state index is -0.943. The number of anilines is 1. The fraction of sp³-hybridized carbons (Fsp3) is 0.538. The van der Waals surface area contributed by atoms with Gasteiger partial charge in [-0.2, -0.15) is 9.97 Å². The van der Waals surface area contributed by atoms with Crippen LogP contribution in [0.25, 0.3) is 32.9 Å². The van der Waals surface area contributed by atoms with Gasteiger partial charge in [-0.3, -0.25) is 9.88 Å². The highest BCUT2D eigenvalue weighted by Gasteiger charge is 2.49. The van der Waals surface area contributed by atoms with E-state index in [1.54, 1.807) is 32.9 Å². The number of halogens is 3. The van der Waals surface area contributed by atoms with Crippen molar-refractivity contribution in [1.82, 2.24) is 19.9 Å². The van der Waals surface area contributed by atoms with E-state index in [1.807, 2.05) is 6.92 Å². The molecule has 4 fully saturated rings. The number of carbonyl (C=O) groups excluding carboxylic acids is 1. The monoisotopic (exact) mass is 719 g/mol. The number of alkyl halides is 1. The van der Waals surface area contributed by atoms with Crippen LogP contribution in [0, 0.1) is 23.5 Å². The fourth-order valence-corrected chi connectivity index (χ4v) is 9.01. The number of piperidine rings is 1. The van der Waals surface area contributed by atoms with E-state index in [9.17, 15) is 14.3 Å². The highest BCUT2D eigenvalue weighted by Crippen LogP contribution is 2.44. The van der Waals surface area contributed by atoms with Crippen molar-refractivity contribution in [3.05, 3.63) is 47.7 Å². The number of aryl methyl sites for hydroxylation is 1. The van der Waals surface area contributed by atoms with Gasteiger partial charge in [0.1, 0.15) is 47.0 Å². The van der Waals surface area contributed by atoms with Gasteiger partial charge >= 0.3 is 12.2 Å². The van der Waals surface area contributed by atoms with Gasteiger partial charge in [-0.25, -0.2) is 18.0 Å². The molecule has 0 amide bonds. The van der Waals surface area contributed by atoms with Crippen molar-refractivity contribution in [3.63, 3.8) is 0 Å². The Morgan fingerprint density at radius 1 is 1.12 bits per heavy atom. The molecule has 5 heterocycles. The molecule has 4 aromatic rings. The van der Waals surface area contributed by atoms with Gasteiger partial charge in [0.05, 0.1) is 17.0 Å². The highest BCUT2D eigenvalue weighted by molar-refractivity contribution is 6.02. The second-order valence-electron chi connectivity index (χ2n) is 16.0. The molecule has 0 unspecified atom stereocenters. The van der Waals surface area contributed by atoms with Crippen molar-refractivity contribution in [2.24, 2.45) is 11.8 Å². The first kappa shape index (κ1) is 34.8. The Bertz CT molecular complexity index is 2060. The standard InChI is InChI=1S/C39H44F3N5O5/c1-5-26-29(41)8-7-22-13-25(51-37(49)52-38(2,3)4)14-27(31(22)26)33-32(42)34-28(16-43-33)35(46-17-21-11-23(18-46)30(48)12-21)45-36(44-34)50-20-39-9-6-10-47(39)19-24(40)15-39/h7-8,13-14,16,21,23-24,30,48H,5-6,9-12,15,17-20H2,1-4H3/t21-,23-,24-,30-,39+/m1/s1. The first-order valence-electron chi connectivity index (χ1n) is 18.3. The molecule has 10 nitrogen and oxygen atoms in total. The van der Waals surface area contributed by atoms with Gasteiger partial charge in [-0.1, -0.05) is 13.0 Å². The Hall–Kier alpha value is -4.23. The zero-order valence-electron chi connectivity index (χ0n) is 29.9. The van der Waals surface area contributed by atoms with Crippen LogP contribution < -0.4 is 14.4 Å². The van der Waals surface area contributed by atoms with Gasteiger partial charge in [0.15, 0.2) is 5.82 Å². The van der Waals surface area contributed by atoms with E-state index in [2.05, 4.69) is 19.8 Å². The number of carbonyl (C=O) groups is 1. The average molecular weight is 720 g/mol. The normalized spacial score (nSPS) is 26.0. The summed E-state index contributed by atoms with van der Waals surface area (Å²) in [5.41, 5.74) is -0.869. The number of hydrogen-bond donors (Lipinski definition) is 1. The van der Waals surface area contributed by atoms with Crippen LogP contribution >= 0.6 is 0 Å². The summed E-state index contributed by atoms with van der Waals surface area (Å²) in [4.78, 5) is 30.9. The predicted molar refractivity (Wildman–Crippen MR) is 189 cm³/mol. The Morgan fingerprint density at radius 3 is 2.71 bits per heavy atom. The molecule has 1 aliphatic carbocycles. The fourth-order valence-electron chi connectivity index (χ4n) is 9.01. The molecule has 8 rings (SSSR count). The zero-order valence-corrected chi connectivity index (χ0v) is 29.9. The molecule has 276 valence electrons. The molecule has 3 aliphatic heterocycles. The van der Waals surface area contributed by atoms with Crippen LogP contribution in [0.5, 0.6) is 11.8 Å². The number of aromatic nitrogens is 3. The first-order chi connectivity index (χ1) is 24.8. The summed E-state index contributed by atoms with van der Waals surface area (Å²) in [5, 5.41) is 12.0. The quantitative estimate of drug-likeness (QED) is 0.156. The number of hydrogen-bond acceptors (Lipinski definition) is 10. The first-order valence-corrected chi connectivity index (χ1v) is 18.3. The lowest BCUT2D eigenvalue weighted by atomic mass is 9.94. The minimum absolute atomic E-state index is 0.0345. The van der Waals surface area contributed by atoms with Crippen LogP contribution in [0.3, 0.4) is 0 Å². The van der Waals surface area contributed by atoms with Crippen LogP contribution in [0.2, 0.25) is 0 Å². The Kier molecular flexibility index (Phi) is 8.72. The smallest absolute Gasteiger partial charge is 0.461 e. The molecule has 3 saturated heterocycles. The van der Waals surface area contributed by atoms with Crippen molar-refractivity contribution in [2.75, 3.05) is 37.7 Å². The number of pyridine rings is 1. The van der Waals surface area contributed by atoms with Crippen molar-refractivity contribution >= 4 is 33.6 Å². The van der Waals surface area contributed by atoms with Gasteiger partial charge in [0.2, 0.25) is 0 Å². The molecule has 0 radical (unpaired) electrons. The van der Waals surface area contributed by atoms with Gasteiger partial charge in [-0.05, 0) is 99.9 Å². The molecule has 1 N–H and O–H groups in total. The maximum absolute atomic E-state index is 17.2. The van der Waals surface area contributed by atoms with E-state index < -0.39 is 41.2 Å². The second kappa shape index (κ2) is 13.0. The summed E-state index contributed by atoms with van der Waals surface area (Å²) in [6.07, 6.45) is 3.21. The van der Waals surface area contributed by atoms with Crippen LogP contribution in [0.1, 0.15) is 65.4 Å². The number of benzene rings is 2. The van der Waals surface area contributed by atoms with E-state index >= 15 is 8.78 Å².